The molecule has 0 fully saturated rings. The van der Waals surface area contributed by atoms with Gasteiger partial charge in [-0.1, -0.05) is 0 Å². The Labute approximate surface area is 107 Å². The van der Waals surface area contributed by atoms with Gasteiger partial charge in [0.2, 0.25) is 0 Å². The fraction of sp³-hybridized carbons (Fsp3) is 0.500. The van der Waals surface area contributed by atoms with Crippen LogP contribution in [-0.4, -0.2) is 16.6 Å². The van der Waals surface area contributed by atoms with Crippen molar-refractivity contribution in [1.82, 2.24) is 0 Å². The molecule has 4 heteroatoms. The Morgan fingerprint density at radius 1 is 1.28 bits per heavy atom. The summed E-state index contributed by atoms with van der Waals surface area (Å²) < 4.78 is 5.84. The Bertz CT molecular complexity index is 537. The molecule has 0 spiro atoms. The van der Waals surface area contributed by atoms with Crippen LogP contribution in [0.5, 0.6) is 11.5 Å². The maximum atomic E-state index is 11.5. The van der Waals surface area contributed by atoms with Gasteiger partial charge in [0, 0.05) is 12.0 Å². The lowest BCUT2D eigenvalue weighted by Gasteiger charge is -2.35. The van der Waals surface area contributed by atoms with Gasteiger partial charge in [0.25, 0.3) is 5.91 Å². The molecule has 4 nitrogen and oxygen atoms in total. The summed E-state index contributed by atoms with van der Waals surface area (Å²) in [5.41, 5.74) is 7.93. The Hall–Kier alpha value is -1.71. The zero-order valence-electron chi connectivity index (χ0n) is 11.3. The minimum absolute atomic E-state index is 0.317. The van der Waals surface area contributed by atoms with Crippen LogP contribution >= 0.6 is 0 Å². The lowest BCUT2D eigenvalue weighted by atomic mass is 9.87. The third kappa shape index (κ3) is 1.64. The Morgan fingerprint density at radius 3 is 2.44 bits per heavy atom. The van der Waals surface area contributed by atoms with Gasteiger partial charge in [-0.25, -0.2) is 0 Å². The quantitative estimate of drug-likeness (QED) is 0.798. The number of hydrogen-bond acceptors (Lipinski definition) is 3. The summed E-state index contributed by atoms with van der Waals surface area (Å²) in [5.74, 6) is 0.573. The van der Waals surface area contributed by atoms with E-state index in [-0.39, 0.29) is 0 Å². The number of aromatic hydroxyl groups is 1. The van der Waals surface area contributed by atoms with Crippen molar-refractivity contribution >= 4 is 5.91 Å². The number of fused-ring (bicyclic) bond motifs is 1. The highest BCUT2D eigenvalue weighted by Crippen LogP contribution is 2.43. The molecule has 1 aliphatic heterocycles. The zero-order chi connectivity index (χ0) is 13.7. The molecule has 0 aromatic heterocycles. The molecular weight excluding hydrogens is 230 g/mol. The van der Waals surface area contributed by atoms with E-state index in [0.29, 0.717) is 24.3 Å². The molecule has 0 bridgehead atoms. The predicted octanol–water partition coefficient (Wildman–Crippen LogP) is 1.89. The van der Waals surface area contributed by atoms with E-state index in [1.54, 1.807) is 6.92 Å². The van der Waals surface area contributed by atoms with E-state index in [9.17, 15) is 9.90 Å². The van der Waals surface area contributed by atoms with Gasteiger partial charge < -0.3 is 15.6 Å². The van der Waals surface area contributed by atoms with E-state index >= 15 is 0 Å². The summed E-state index contributed by atoms with van der Waals surface area (Å²) in [6.07, 6.45) is 1.23. The molecular formula is C14H19NO3. The maximum Gasteiger partial charge on any atom is 0.261 e. The summed E-state index contributed by atoms with van der Waals surface area (Å²) >= 11 is 0. The molecule has 0 unspecified atom stereocenters. The van der Waals surface area contributed by atoms with E-state index < -0.39 is 11.5 Å². The second kappa shape index (κ2) is 3.90. The van der Waals surface area contributed by atoms with E-state index in [0.717, 1.165) is 22.3 Å². The minimum Gasteiger partial charge on any atom is -0.507 e. The summed E-state index contributed by atoms with van der Waals surface area (Å²) in [6, 6.07) is 0. The number of rotatable bonds is 1. The molecule has 0 saturated carbocycles. The van der Waals surface area contributed by atoms with Crippen LogP contribution in [0, 0.1) is 20.8 Å². The molecule has 0 saturated heterocycles. The topological polar surface area (TPSA) is 72.5 Å². The fourth-order valence-electron chi connectivity index (χ4n) is 2.42. The lowest BCUT2D eigenvalue weighted by molar-refractivity contribution is -0.133. The number of benzene rings is 1. The first-order valence-corrected chi connectivity index (χ1v) is 6.08. The van der Waals surface area contributed by atoms with E-state index in [4.69, 9.17) is 10.5 Å². The summed E-state index contributed by atoms with van der Waals surface area (Å²) in [4.78, 5) is 11.5. The van der Waals surface area contributed by atoms with Crippen LogP contribution in [-0.2, 0) is 11.2 Å². The van der Waals surface area contributed by atoms with E-state index in [1.807, 2.05) is 20.8 Å². The van der Waals surface area contributed by atoms with E-state index in [2.05, 4.69) is 0 Å². The monoisotopic (exact) mass is 249 g/mol. The molecule has 0 radical (unpaired) electrons. The molecule has 1 heterocycles. The highest BCUT2D eigenvalue weighted by atomic mass is 16.5. The van der Waals surface area contributed by atoms with Crippen molar-refractivity contribution in [1.29, 1.82) is 0 Å². The first-order valence-electron chi connectivity index (χ1n) is 6.08. The van der Waals surface area contributed by atoms with Crippen LogP contribution in [0.1, 0.15) is 35.6 Å². The molecule has 2 rings (SSSR count). The van der Waals surface area contributed by atoms with Crippen LogP contribution in [0.2, 0.25) is 0 Å². The zero-order valence-corrected chi connectivity index (χ0v) is 11.3. The Kier molecular flexibility index (Phi) is 2.76. The van der Waals surface area contributed by atoms with Crippen molar-refractivity contribution < 1.29 is 14.6 Å². The molecule has 3 N–H and O–H groups in total. The Balaban J connectivity index is 2.61. The van der Waals surface area contributed by atoms with Crippen molar-refractivity contribution in [2.75, 3.05) is 0 Å². The summed E-state index contributed by atoms with van der Waals surface area (Å²) in [5, 5.41) is 10.0. The molecule has 1 amide bonds. The number of phenolic OH excluding ortho intramolecular Hbond substituents is 1. The largest absolute Gasteiger partial charge is 0.507 e. The first kappa shape index (κ1) is 12.7. The number of amides is 1. The van der Waals surface area contributed by atoms with Gasteiger partial charge in [0.05, 0.1) is 0 Å². The molecule has 1 aliphatic rings. The lowest BCUT2D eigenvalue weighted by Crippen LogP contribution is -2.48. The molecule has 1 atom stereocenters. The number of carbonyl (C=O) groups is 1. The average Bonchev–Trinajstić information content (AvgIpc) is 2.33. The maximum absolute atomic E-state index is 11.5. The van der Waals surface area contributed by atoms with Crippen LogP contribution in [0.25, 0.3) is 0 Å². The van der Waals surface area contributed by atoms with Gasteiger partial charge in [0.1, 0.15) is 11.5 Å². The van der Waals surface area contributed by atoms with Gasteiger partial charge in [0.15, 0.2) is 5.60 Å². The van der Waals surface area contributed by atoms with Gasteiger partial charge in [-0.15, -0.1) is 0 Å². The van der Waals surface area contributed by atoms with Crippen LogP contribution in [0.15, 0.2) is 0 Å². The van der Waals surface area contributed by atoms with Crippen LogP contribution < -0.4 is 10.5 Å². The van der Waals surface area contributed by atoms with Crippen LogP contribution in [0.4, 0.5) is 0 Å². The number of carbonyl (C=O) groups excluding carboxylic acids is 1. The number of phenols is 1. The van der Waals surface area contributed by atoms with Crippen molar-refractivity contribution in [3.05, 3.63) is 22.3 Å². The highest BCUT2D eigenvalue weighted by molar-refractivity contribution is 5.84. The minimum atomic E-state index is -0.951. The molecule has 0 aliphatic carbocycles. The first-order chi connectivity index (χ1) is 8.28. The van der Waals surface area contributed by atoms with Crippen molar-refractivity contribution in [3.63, 3.8) is 0 Å². The van der Waals surface area contributed by atoms with Gasteiger partial charge >= 0.3 is 0 Å². The number of hydrogen-bond donors (Lipinski definition) is 2. The normalized spacial score (nSPS) is 22.2. The second-order valence-electron chi connectivity index (χ2n) is 5.23. The second-order valence-corrected chi connectivity index (χ2v) is 5.23. The van der Waals surface area contributed by atoms with Crippen LogP contribution in [0.3, 0.4) is 0 Å². The Morgan fingerprint density at radius 2 is 1.89 bits per heavy atom. The molecule has 1 aromatic carbocycles. The van der Waals surface area contributed by atoms with Crippen molar-refractivity contribution in [2.24, 2.45) is 5.73 Å². The number of ether oxygens (including phenoxy) is 1. The molecule has 18 heavy (non-hydrogen) atoms. The number of primary amides is 1. The summed E-state index contributed by atoms with van der Waals surface area (Å²) in [6.45, 7) is 7.32. The predicted molar refractivity (Wildman–Crippen MR) is 68.9 cm³/mol. The van der Waals surface area contributed by atoms with E-state index in [1.165, 1.54) is 0 Å². The third-order valence-electron chi connectivity index (χ3n) is 4.04. The summed E-state index contributed by atoms with van der Waals surface area (Å²) in [7, 11) is 0. The number of nitrogens with two attached hydrogens (primary N) is 1. The van der Waals surface area contributed by atoms with Crippen molar-refractivity contribution in [3.8, 4) is 11.5 Å². The SMILES string of the molecule is Cc1c(C)c2c(c(C)c1O)CC[C@](C)(C(N)=O)O2. The molecule has 98 valence electrons. The fourth-order valence-corrected chi connectivity index (χ4v) is 2.42. The van der Waals surface area contributed by atoms with Crippen molar-refractivity contribution in [2.45, 2.75) is 46.1 Å². The van der Waals surface area contributed by atoms with Gasteiger partial charge in [-0.2, -0.15) is 0 Å². The van der Waals surface area contributed by atoms with Gasteiger partial charge in [-0.05, 0) is 50.8 Å². The standard InChI is InChI=1S/C14H19NO3/c1-7-8(2)12-10(9(3)11(7)16)5-6-14(4,18-12)13(15)17/h16H,5-6H2,1-4H3,(H2,15,17)/t14-/m1/s1. The van der Waals surface area contributed by atoms with Gasteiger partial charge in [-0.3, -0.25) is 4.79 Å². The third-order valence-corrected chi connectivity index (χ3v) is 4.04. The smallest absolute Gasteiger partial charge is 0.261 e. The molecule has 1 aromatic rings. The highest BCUT2D eigenvalue weighted by Gasteiger charge is 2.39. The average molecular weight is 249 g/mol.